The monoisotopic (exact) mass is 1760 g/mol. The third-order valence-corrected chi connectivity index (χ3v) is 23.6. The van der Waals surface area contributed by atoms with Crippen molar-refractivity contribution in [2.45, 2.75) is 68.1 Å². The summed E-state index contributed by atoms with van der Waals surface area (Å²) in [4.78, 5) is 131. The number of nitrogens with two attached hydrogens (primary N) is 1. The number of oxime groups is 2. The molecule has 14 rings (SSSR count). The molecule has 5 N–H and O–H groups in total. The van der Waals surface area contributed by atoms with E-state index in [0.717, 1.165) is 72.7 Å². The Bertz CT molecular complexity index is 4770. The molecule has 6 aliphatic heterocycles. The molecule has 103 heavy (non-hydrogen) atoms. The summed E-state index contributed by atoms with van der Waals surface area (Å²) in [6, 6.07) is 10.1. The number of amides is 4. The first-order chi connectivity index (χ1) is 48.9. The number of pyridine rings is 3. The highest BCUT2D eigenvalue weighted by molar-refractivity contribution is 14.1. The van der Waals surface area contributed by atoms with E-state index in [2.05, 4.69) is 110 Å². The lowest BCUT2D eigenvalue weighted by Crippen LogP contribution is -3.00. The number of imidazole rings is 3. The largest absolute Gasteiger partial charge is 1.00 e. The number of rotatable bonds is 18. The van der Waals surface area contributed by atoms with E-state index >= 15 is 0 Å². The molecular formula is C59H63B2I2N21O12P2S5. The molecule has 8 aromatic heterocycles. The number of nitrogen functional groups attached to an aromatic ring is 1. The topological polar surface area (TPSA) is 401 Å². The van der Waals surface area contributed by atoms with Crippen molar-refractivity contribution in [2.24, 2.45) is 30.3 Å². The smallest absolute Gasteiger partial charge is 0.356 e. The molecule has 33 nitrogen and oxygen atoms in total. The number of alkyl halides is 1. The van der Waals surface area contributed by atoms with Gasteiger partial charge >= 0.3 is 23.2 Å². The number of halogens is 2. The van der Waals surface area contributed by atoms with Crippen molar-refractivity contribution in [3.8, 4) is 0 Å². The molecule has 3 saturated heterocycles. The summed E-state index contributed by atoms with van der Waals surface area (Å²) >= 11 is 8.81. The van der Waals surface area contributed by atoms with Gasteiger partial charge in [0.15, 0.2) is 25.9 Å². The number of nitrogens with one attached hydrogen (secondary N) is 3. The van der Waals surface area contributed by atoms with Gasteiger partial charge in [-0.25, -0.2) is 33.7 Å². The first-order valence-electron chi connectivity index (χ1n) is 30.6. The Kier molecular flexibility index (Phi) is 25.9. The Balaban J connectivity index is 0.000000155. The molecule has 44 heteroatoms. The van der Waals surface area contributed by atoms with Crippen LogP contribution in [0.1, 0.15) is 30.5 Å². The number of anilines is 1. The van der Waals surface area contributed by atoms with Crippen LogP contribution in [0.5, 0.6) is 0 Å². The highest BCUT2D eigenvalue weighted by atomic mass is 127. The summed E-state index contributed by atoms with van der Waals surface area (Å²) in [6.07, 6.45) is 10.7. The number of hydrogen-bond donors (Lipinski definition) is 4. The SMILES string of the molecule is CO/N=C(\C(=O)NC1C(=O)N2C(C(=O)[O-])=C(C[n+]3cccc4[nH]cnc43)CSC12)c1nsc(N)n1.Cn1cnc2ncccc21.[B]P(C)OC(=O)C1=C(CI)CSC2C(NC(=O)/C(=N\OC)c3nsc(C)n3)C(=O)N12.[B]P(C)OC(=O)C1=C(C[n+]2cccc3c2ncn3C)CSC2C(C)C(C)N12.[I-]. The van der Waals surface area contributed by atoms with Crippen LogP contribution >= 0.6 is 97.0 Å². The maximum atomic E-state index is 13.0. The van der Waals surface area contributed by atoms with Gasteiger partial charge < -0.3 is 88.0 Å². The first-order valence-corrected chi connectivity index (χ1v) is 40.4. The zero-order valence-corrected chi connectivity index (χ0v) is 66.3. The summed E-state index contributed by atoms with van der Waals surface area (Å²) in [5, 5.41) is 24.7. The third kappa shape index (κ3) is 16.6. The standard InChI is InChI=1S/C19H17N9O5S2.C18H23BN4O2PS.C15H16BIN5O5PS2.C7H7N3.HI/c1-33-25-10(13-24-19(20)35-26-13)15(29)23-11-16(30)28-12(18(31)32)8(6-34-17(11)28)5-27-4-2-3-9-14(27)22-7-21-9;1-11-12(2)23-15(18(24)25-26(4)19)13(9-27-17(11)23)8-22-7-5-6-14-16(22)20-10-21(14)3;1-6-18-11(21-30-6)8(20-26-2)12(23)19-9-13(24)22-10(15(25)27-28(3)16)7(4-17)5-29-14(9)22;1-10-5-9-7-6(10)3-2-4-8-7;/h2-4,7,11,17H,5-6H2,1H3,(H4,20,23,24,26,29,31,32);5-7,10-12,17H,8-9H2,1-4H3;9,14H,4-5H2,1-3H3,(H,19,23);2-5H,1H3;1H/q;+1;;;/p-1/b25-10-;;20-8-;;. The van der Waals surface area contributed by atoms with Gasteiger partial charge in [-0.3, -0.25) is 29.0 Å². The Hall–Kier alpha value is -7.47. The second kappa shape index (κ2) is 34.2. The van der Waals surface area contributed by atoms with Gasteiger partial charge in [-0.1, -0.05) is 39.8 Å². The molecule has 4 amide bonds. The highest BCUT2D eigenvalue weighted by Crippen LogP contribution is 2.48. The maximum absolute atomic E-state index is 13.0. The average molecular weight is 1760 g/mol. The van der Waals surface area contributed by atoms with E-state index < -0.39 is 74.5 Å². The predicted molar refractivity (Wildman–Crippen MR) is 393 cm³/mol. The first kappa shape index (κ1) is 78.1. The van der Waals surface area contributed by atoms with Gasteiger partial charge in [0, 0.05) is 92.7 Å². The molecule has 0 spiro atoms. The van der Waals surface area contributed by atoms with Crippen molar-refractivity contribution < 1.29 is 90.5 Å². The van der Waals surface area contributed by atoms with Gasteiger partial charge in [0.1, 0.15) is 77.6 Å². The van der Waals surface area contributed by atoms with Gasteiger partial charge in [-0.15, -0.1) is 35.3 Å². The Labute approximate surface area is 644 Å². The molecule has 0 aromatic carbocycles. The number of aromatic amines is 1. The minimum atomic E-state index is -1.47. The van der Waals surface area contributed by atoms with E-state index in [1.165, 1.54) is 42.6 Å². The Morgan fingerprint density at radius 2 is 1.26 bits per heavy atom. The number of aryl methyl sites for hydroxylation is 3. The van der Waals surface area contributed by atoms with E-state index in [0.29, 0.717) is 61.7 Å². The Morgan fingerprint density at radius 3 is 1.83 bits per heavy atom. The highest BCUT2D eigenvalue weighted by Gasteiger charge is 2.56. The maximum Gasteiger partial charge on any atom is 0.356 e. The van der Waals surface area contributed by atoms with Gasteiger partial charge in [0.05, 0.1) is 41.3 Å². The number of aliphatic carboxylic acids is 1. The summed E-state index contributed by atoms with van der Waals surface area (Å²) in [6.45, 7) is 10.3. The summed E-state index contributed by atoms with van der Waals surface area (Å²) < 4.78 is 27.0. The van der Waals surface area contributed by atoms with Crippen LogP contribution in [0.2, 0.25) is 0 Å². The van der Waals surface area contributed by atoms with E-state index in [1.807, 2.05) is 83.9 Å². The fourth-order valence-electron chi connectivity index (χ4n) is 11.6. The zero-order chi connectivity index (χ0) is 73.0. The van der Waals surface area contributed by atoms with Crippen molar-refractivity contribution in [3.63, 3.8) is 0 Å². The second-order valence-electron chi connectivity index (χ2n) is 23.1. The minimum Gasteiger partial charge on any atom is -1.00 e. The van der Waals surface area contributed by atoms with Crippen LogP contribution < -0.4 is 54.6 Å². The predicted octanol–water partition coefficient (Wildman–Crippen LogP) is -1.17. The summed E-state index contributed by atoms with van der Waals surface area (Å²) in [7, 11) is 15.2. The molecule has 0 bridgehead atoms. The minimum absolute atomic E-state index is 0. The molecule has 14 heterocycles. The molecule has 6 aliphatic rings. The van der Waals surface area contributed by atoms with Crippen molar-refractivity contribution in [1.29, 1.82) is 0 Å². The number of fused-ring (bicyclic) bond motifs is 6. The molecule has 0 saturated carbocycles. The van der Waals surface area contributed by atoms with Crippen LogP contribution in [-0.2, 0) is 79.5 Å². The zero-order valence-electron chi connectivity index (χ0n) is 56.1. The van der Waals surface area contributed by atoms with Crippen molar-refractivity contribution in [2.75, 3.05) is 55.0 Å². The van der Waals surface area contributed by atoms with Crippen molar-refractivity contribution >= 4 is 204 Å². The molecule has 0 aliphatic carbocycles. The number of carboxylic acids is 1. The lowest BCUT2D eigenvalue weighted by atomic mass is 9.89. The number of β-lactam (4-membered cyclic amide) rings is 2. The normalized spacial score (nSPS) is 21.1. The molecule has 9 unspecified atom stereocenters. The van der Waals surface area contributed by atoms with Gasteiger partial charge in [0.2, 0.25) is 35.7 Å². The van der Waals surface area contributed by atoms with Gasteiger partial charge in [0.25, 0.3) is 23.6 Å². The van der Waals surface area contributed by atoms with Crippen LogP contribution in [0, 0.1) is 12.8 Å². The number of thioether (sulfide) groups is 3. The second-order valence-corrected chi connectivity index (χ2v) is 31.4. The number of aromatic nitrogens is 13. The lowest BCUT2D eigenvalue weighted by Gasteiger charge is -2.56. The Morgan fingerprint density at radius 1 is 0.728 bits per heavy atom. The van der Waals surface area contributed by atoms with Gasteiger partial charge in [-0.2, -0.15) is 13.7 Å². The summed E-state index contributed by atoms with van der Waals surface area (Å²) in [5.41, 5.74) is 13.5. The van der Waals surface area contributed by atoms with Crippen molar-refractivity contribution in [3.05, 3.63) is 124 Å². The van der Waals surface area contributed by atoms with Crippen LogP contribution in [0.3, 0.4) is 0 Å². The third-order valence-electron chi connectivity index (χ3n) is 16.4. The fourth-order valence-corrected chi connectivity index (χ4v) is 18.5. The molecule has 3 fully saturated rings. The molecule has 8 aromatic rings. The van der Waals surface area contributed by atoms with Gasteiger partial charge in [-0.05, 0) is 90.6 Å². The fraction of sp³-hybridized carbons (Fsp3) is 0.373. The molecule has 4 radical (unpaired) electrons. The lowest BCUT2D eigenvalue weighted by molar-refractivity contribution is -0.665. The van der Waals surface area contributed by atoms with Crippen molar-refractivity contribution in [1.82, 2.24) is 78.1 Å². The number of carbonyl (C=O) groups is 7. The molecule has 536 valence electrons. The van der Waals surface area contributed by atoms with E-state index in [-0.39, 0.29) is 76.1 Å². The molecule has 9 atom stereocenters. The van der Waals surface area contributed by atoms with Crippen LogP contribution in [0.25, 0.3) is 33.5 Å². The number of carbonyl (C=O) groups excluding carboxylic acids is 7. The van der Waals surface area contributed by atoms with Crippen LogP contribution in [0.4, 0.5) is 5.13 Å². The number of carboxylic acid groups (broad SMARTS) is 1. The average Bonchev–Trinajstić information content (AvgIpc) is 1.74. The number of nitrogens with zero attached hydrogens (tertiary/aromatic N) is 17. The van der Waals surface area contributed by atoms with E-state index in [1.54, 1.807) is 49.9 Å². The van der Waals surface area contributed by atoms with E-state index in [9.17, 15) is 38.7 Å². The van der Waals surface area contributed by atoms with E-state index in [4.69, 9.17) is 39.6 Å². The number of hydrogen-bond acceptors (Lipinski definition) is 29. The quantitative estimate of drug-likeness (QED) is 0.0115. The number of H-pyrrole nitrogens is 1. The molecular weight excluding hydrogens is 1690 g/mol. The van der Waals surface area contributed by atoms with Crippen LogP contribution in [0.15, 0.2) is 118 Å². The summed E-state index contributed by atoms with van der Waals surface area (Å²) in [5.74, 6) is -2.50. The van der Waals surface area contributed by atoms with Crippen LogP contribution in [-0.4, -0.2) is 219 Å².